The van der Waals surface area contributed by atoms with Gasteiger partial charge in [0, 0.05) is 25.0 Å². The zero-order valence-corrected chi connectivity index (χ0v) is 21.6. The van der Waals surface area contributed by atoms with Gasteiger partial charge in [0.15, 0.2) is 11.6 Å². The summed E-state index contributed by atoms with van der Waals surface area (Å²) in [6.45, 7) is 4.22. The number of fused-ring (bicyclic) bond motifs is 2. The van der Waals surface area contributed by atoms with Crippen molar-refractivity contribution < 1.29 is 38.9 Å². The Morgan fingerprint density at radius 2 is 1.13 bits per heavy atom. The molecule has 0 saturated heterocycles. The van der Waals surface area contributed by atoms with Crippen LogP contribution in [-0.4, -0.2) is 56.9 Å². The van der Waals surface area contributed by atoms with E-state index in [9.17, 15) is 19.2 Å². The second kappa shape index (κ2) is 11.9. The molecular formula is C26H22N2O8S2. The molecule has 0 atom stereocenters. The summed E-state index contributed by atoms with van der Waals surface area (Å²) in [5, 5.41) is 17.5. The molecule has 0 aliphatic carbocycles. The quantitative estimate of drug-likeness (QED) is 0.160. The summed E-state index contributed by atoms with van der Waals surface area (Å²) in [6, 6.07) is 10.2. The molecular weight excluding hydrogens is 532 g/mol. The average molecular weight is 555 g/mol. The van der Waals surface area contributed by atoms with Gasteiger partial charge in [0.25, 0.3) is 0 Å². The van der Waals surface area contributed by atoms with Crippen molar-refractivity contribution in [3.05, 3.63) is 58.3 Å². The van der Waals surface area contributed by atoms with Gasteiger partial charge in [-0.2, -0.15) is 0 Å². The largest absolute Gasteiger partial charge is 0.481 e. The van der Waals surface area contributed by atoms with E-state index in [1.165, 1.54) is 22.7 Å². The maximum Gasteiger partial charge on any atom is 0.303 e. The van der Waals surface area contributed by atoms with E-state index >= 15 is 0 Å². The highest BCUT2D eigenvalue weighted by Gasteiger charge is 2.15. The van der Waals surface area contributed by atoms with Gasteiger partial charge in [-0.05, 0) is 29.8 Å². The first-order valence-electron chi connectivity index (χ1n) is 11.4. The average Bonchev–Trinajstić information content (AvgIpc) is 3.51. The molecule has 4 aromatic rings. The van der Waals surface area contributed by atoms with Crippen LogP contribution in [0.1, 0.15) is 45.0 Å². The van der Waals surface area contributed by atoms with Gasteiger partial charge < -0.3 is 19.7 Å². The third kappa shape index (κ3) is 6.99. The standard InChI is InChI=1S/C26H22N2O8S2/c1-14(12-35-23-6-4-19-15(27-23)10-21(37-19)17(29)2-8-25(31)32)13-36-24-7-5-20-16(28-24)11-22(38-20)18(30)3-9-26(33)34/h4-7,10-11H,1-3,8-9,12-13H2,(H,31,32)(H,33,34). The van der Waals surface area contributed by atoms with Gasteiger partial charge in [0.2, 0.25) is 11.8 Å². The Labute approximate surface area is 224 Å². The molecule has 0 aromatic carbocycles. The Morgan fingerprint density at radius 1 is 0.711 bits per heavy atom. The van der Waals surface area contributed by atoms with Crippen LogP contribution in [0, 0.1) is 0 Å². The van der Waals surface area contributed by atoms with Crippen molar-refractivity contribution in [1.82, 2.24) is 9.97 Å². The number of carbonyl (C=O) groups is 4. The van der Waals surface area contributed by atoms with Crippen molar-refractivity contribution in [3.8, 4) is 11.8 Å². The van der Waals surface area contributed by atoms with Crippen molar-refractivity contribution in [3.63, 3.8) is 0 Å². The van der Waals surface area contributed by atoms with Crippen LogP contribution in [0.25, 0.3) is 20.4 Å². The van der Waals surface area contributed by atoms with Crippen LogP contribution in [0.5, 0.6) is 11.8 Å². The van der Waals surface area contributed by atoms with Crippen molar-refractivity contribution in [1.29, 1.82) is 0 Å². The van der Waals surface area contributed by atoms with Crippen molar-refractivity contribution in [2.45, 2.75) is 25.7 Å². The zero-order chi connectivity index (χ0) is 27.2. The second-order valence-corrected chi connectivity index (χ2v) is 10.4. The van der Waals surface area contributed by atoms with E-state index < -0.39 is 11.9 Å². The number of hydrogen-bond donors (Lipinski definition) is 2. The molecule has 12 heteroatoms. The Balaban J connectivity index is 1.30. The van der Waals surface area contributed by atoms with Gasteiger partial charge in [-0.25, -0.2) is 9.97 Å². The van der Waals surface area contributed by atoms with Crippen LogP contribution in [0.15, 0.2) is 48.6 Å². The number of pyridine rings is 2. The minimum Gasteiger partial charge on any atom is -0.481 e. The summed E-state index contributed by atoms with van der Waals surface area (Å²) in [5.41, 5.74) is 1.79. The molecule has 0 aliphatic heterocycles. The smallest absolute Gasteiger partial charge is 0.303 e. The predicted molar refractivity (Wildman–Crippen MR) is 142 cm³/mol. The van der Waals surface area contributed by atoms with Gasteiger partial charge in [-0.1, -0.05) is 6.58 Å². The summed E-state index contributed by atoms with van der Waals surface area (Å²) < 4.78 is 13.0. The fraction of sp³-hybridized carbons (Fsp3) is 0.231. The molecule has 4 aromatic heterocycles. The molecule has 0 radical (unpaired) electrons. The van der Waals surface area contributed by atoms with Crippen LogP contribution in [0.3, 0.4) is 0 Å². The van der Waals surface area contributed by atoms with Gasteiger partial charge in [-0.3, -0.25) is 19.2 Å². The molecule has 196 valence electrons. The maximum atomic E-state index is 12.2. The molecule has 0 saturated carbocycles. The summed E-state index contributed by atoms with van der Waals surface area (Å²) >= 11 is 2.51. The number of aliphatic carboxylic acids is 2. The van der Waals surface area contributed by atoms with Gasteiger partial charge in [0.05, 0.1) is 43.0 Å². The number of aromatic nitrogens is 2. The number of ketones is 2. The molecule has 0 fully saturated rings. The van der Waals surface area contributed by atoms with Gasteiger partial charge >= 0.3 is 11.9 Å². The minimum absolute atomic E-state index is 0.0639. The fourth-order valence-electron chi connectivity index (χ4n) is 3.33. The highest BCUT2D eigenvalue weighted by atomic mass is 32.1. The van der Waals surface area contributed by atoms with Gasteiger partial charge in [-0.15, -0.1) is 22.7 Å². The second-order valence-electron chi connectivity index (χ2n) is 8.25. The third-order valence-electron chi connectivity index (χ3n) is 5.23. The highest BCUT2D eigenvalue weighted by molar-refractivity contribution is 7.21. The Morgan fingerprint density at radius 3 is 1.53 bits per heavy atom. The zero-order valence-electron chi connectivity index (χ0n) is 20.0. The van der Waals surface area contributed by atoms with Crippen molar-refractivity contribution >= 4 is 66.6 Å². The number of hydrogen-bond acceptors (Lipinski definition) is 10. The van der Waals surface area contributed by atoms with Crippen molar-refractivity contribution in [2.24, 2.45) is 0 Å². The molecule has 0 spiro atoms. The summed E-state index contributed by atoms with van der Waals surface area (Å²) in [7, 11) is 0. The van der Waals surface area contributed by atoms with Gasteiger partial charge in [0.1, 0.15) is 13.2 Å². The molecule has 4 rings (SSSR count). The van der Waals surface area contributed by atoms with Crippen LogP contribution in [0.4, 0.5) is 0 Å². The first kappa shape index (κ1) is 26.9. The van der Waals surface area contributed by atoms with Crippen LogP contribution < -0.4 is 9.47 Å². The lowest BCUT2D eigenvalue weighted by atomic mass is 10.2. The lowest BCUT2D eigenvalue weighted by molar-refractivity contribution is -0.137. The lowest BCUT2D eigenvalue weighted by Gasteiger charge is -2.09. The van der Waals surface area contributed by atoms with E-state index in [4.69, 9.17) is 19.7 Å². The van der Waals surface area contributed by atoms with Crippen LogP contribution in [-0.2, 0) is 9.59 Å². The SMILES string of the molecule is C=C(COc1ccc2sc(C(=O)CCC(=O)O)cc2n1)COc1ccc2sc(C(=O)CCC(=O)O)cc2n1. The van der Waals surface area contributed by atoms with Crippen LogP contribution in [0.2, 0.25) is 0 Å². The lowest BCUT2D eigenvalue weighted by Crippen LogP contribution is -2.09. The number of ether oxygens (including phenoxy) is 2. The summed E-state index contributed by atoms with van der Waals surface area (Å²) in [5.74, 6) is -1.82. The minimum atomic E-state index is -1.02. The Bertz CT molecular complexity index is 1440. The molecule has 10 nitrogen and oxygen atoms in total. The summed E-state index contributed by atoms with van der Waals surface area (Å²) in [4.78, 5) is 55.5. The normalized spacial score (nSPS) is 10.9. The molecule has 0 bridgehead atoms. The monoisotopic (exact) mass is 554 g/mol. The van der Waals surface area contributed by atoms with E-state index in [0.29, 0.717) is 38.1 Å². The molecule has 4 heterocycles. The van der Waals surface area contributed by atoms with E-state index in [0.717, 1.165) is 9.40 Å². The molecule has 0 aliphatic rings. The number of Topliss-reactive ketones (excluding diaryl/α,β-unsaturated/α-hetero) is 2. The first-order chi connectivity index (χ1) is 18.2. The Kier molecular flexibility index (Phi) is 8.44. The Hall–Kier alpha value is -4.16. The fourth-order valence-corrected chi connectivity index (χ4v) is 5.26. The molecule has 2 N–H and O–H groups in total. The molecule has 0 amide bonds. The topological polar surface area (TPSA) is 153 Å². The van der Waals surface area contributed by atoms with Crippen LogP contribution >= 0.6 is 22.7 Å². The number of carbonyl (C=O) groups excluding carboxylic acids is 2. The predicted octanol–water partition coefficient (Wildman–Crippen LogP) is 5.02. The van der Waals surface area contributed by atoms with Crippen molar-refractivity contribution in [2.75, 3.05) is 13.2 Å². The van der Waals surface area contributed by atoms with E-state index in [-0.39, 0.29) is 50.5 Å². The number of thiophene rings is 2. The number of carboxylic acids is 2. The summed E-state index contributed by atoms with van der Waals surface area (Å²) in [6.07, 6.45) is -0.562. The number of rotatable bonds is 14. The highest BCUT2D eigenvalue weighted by Crippen LogP contribution is 2.29. The first-order valence-corrected chi connectivity index (χ1v) is 13.0. The maximum absolute atomic E-state index is 12.2. The number of carboxylic acid groups (broad SMARTS) is 2. The van der Waals surface area contributed by atoms with E-state index in [1.54, 1.807) is 36.4 Å². The van der Waals surface area contributed by atoms with E-state index in [1.807, 2.05) is 0 Å². The molecule has 0 unspecified atom stereocenters. The third-order valence-corrected chi connectivity index (χ3v) is 7.49. The molecule has 38 heavy (non-hydrogen) atoms. The number of nitrogens with zero attached hydrogens (tertiary/aromatic N) is 2. The van der Waals surface area contributed by atoms with E-state index in [2.05, 4.69) is 16.5 Å².